The standard InChI is InChI=1S/C14H16FNO4/c15-10-1-2-12-9(5-10)6-11(20-12)7-16-3-4-19-13(8-16)14(17)18/h1-2,5,11,13H,3-4,6-8H2,(H,17,18). The van der Waals surface area contributed by atoms with Crippen LogP contribution in [0.5, 0.6) is 5.75 Å². The molecule has 1 aromatic rings. The van der Waals surface area contributed by atoms with E-state index < -0.39 is 12.1 Å². The number of nitrogens with zero attached hydrogens (tertiary/aromatic N) is 1. The summed E-state index contributed by atoms with van der Waals surface area (Å²) in [6.45, 7) is 2.09. The fourth-order valence-corrected chi connectivity index (χ4v) is 2.70. The quantitative estimate of drug-likeness (QED) is 0.892. The van der Waals surface area contributed by atoms with Gasteiger partial charge in [0.1, 0.15) is 17.7 Å². The summed E-state index contributed by atoms with van der Waals surface area (Å²) in [5.74, 6) is -0.475. The Hall–Kier alpha value is -1.66. The molecule has 0 bridgehead atoms. The monoisotopic (exact) mass is 281 g/mol. The molecule has 0 amide bonds. The van der Waals surface area contributed by atoms with E-state index >= 15 is 0 Å². The van der Waals surface area contributed by atoms with Gasteiger partial charge in [-0.05, 0) is 18.2 Å². The first-order valence-electron chi connectivity index (χ1n) is 6.63. The van der Waals surface area contributed by atoms with Gasteiger partial charge in [0.25, 0.3) is 0 Å². The third-order valence-electron chi connectivity index (χ3n) is 3.65. The van der Waals surface area contributed by atoms with Gasteiger partial charge in [0.15, 0.2) is 6.10 Å². The van der Waals surface area contributed by atoms with Crippen molar-refractivity contribution in [1.82, 2.24) is 4.90 Å². The molecular weight excluding hydrogens is 265 g/mol. The number of morpholine rings is 1. The Morgan fingerprint density at radius 3 is 3.15 bits per heavy atom. The van der Waals surface area contributed by atoms with Crippen molar-refractivity contribution in [1.29, 1.82) is 0 Å². The maximum atomic E-state index is 13.1. The van der Waals surface area contributed by atoms with E-state index in [4.69, 9.17) is 14.6 Å². The summed E-state index contributed by atoms with van der Waals surface area (Å²) in [5.41, 5.74) is 0.873. The van der Waals surface area contributed by atoms with Crippen molar-refractivity contribution < 1.29 is 23.8 Å². The number of hydrogen-bond acceptors (Lipinski definition) is 4. The van der Waals surface area contributed by atoms with Crippen LogP contribution < -0.4 is 4.74 Å². The first-order valence-corrected chi connectivity index (χ1v) is 6.63. The summed E-state index contributed by atoms with van der Waals surface area (Å²) >= 11 is 0. The molecule has 1 aromatic carbocycles. The maximum Gasteiger partial charge on any atom is 0.334 e. The molecule has 2 aliphatic heterocycles. The first kappa shape index (κ1) is 13.3. The first-order chi connectivity index (χ1) is 9.61. The predicted octanol–water partition coefficient (Wildman–Crippen LogP) is 0.915. The van der Waals surface area contributed by atoms with Crippen molar-refractivity contribution in [2.45, 2.75) is 18.6 Å². The lowest BCUT2D eigenvalue weighted by molar-refractivity contribution is -0.156. The van der Waals surface area contributed by atoms with Crippen molar-refractivity contribution in [2.24, 2.45) is 0 Å². The second kappa shape index (κ2) is 5.38. The van der Waals surface area contributed by atoms with Gasteiger partial charge in [-0.2, -0.15) is 0 Å². The van der Waals surface area contributed by atoms with Gasteiger partial charge in [0.2, 0.25) is 0 Å². The maximum absolute atomic E-state index is 13.1. The Morgan fingerprint density at radius 2 is 2.35 bits per heavy atom. The molecule has 1 fully saturated rings. The molecule has 5 nitrogen and oxygen atoms in total. The second-order valence-electron chi connectivity index (χ2n) is 5.15. The van der Waals surface area contributed by atoms with Gasteiger partial charge >= 0.3 is 5.97 Å². The number of carboxylic acids is 1. The van der Waals surface area contributed by atoms with E-state index in [2.05, 4.69) is 0 Å². The molecular formula is C14H16FNO4. The number of hydrogen-bond donors (Lipinski definition) is 1. The third-order valence-corrected chi connectivity index (χ3v) is 3.65. The van der Waals surface area contributed by atoms with E-state index in [0.29, 0.717) is 32.7 Å². The lowest BCUT2D eigenvalue weighted by atomic mass is 10.1. The van der Waals surface area contributed by atoms with Gasteiger partial charge in [-0.3, -0.25) is 4.90 Å². The molecule has 20 heavy (non-hydrogen) atoms. The highest BCUT2D eigenvalue weighted by Crippen LogP contribution is 2.29. The van der Waals surface area contributed by atoms with Crippen molar-refractivity contribution >= 4 is 5.97 Å². The Bertz CT molecular complexity index is 522. The van der Waals surface area contributed by atoms with Crippen LogP contribution in [-0.4, -0.2) is 54.4 Å². The number of benzene rings is 1. The molecule has 2 atom stereocenters. The Morgan fingerprint density at radius 1 is 1.50 bits per heavy atom. The largest absolute Gasteiger partial charge is 0.488 e. The van der Waals surface area contributed by atoms with Crippen LogP contribution in [0.1, 0.15) is 5.56 Å². The Balaban J connectivity index is 1.59. The minimum Gasteiger partial charge on any atom is -0.488 e. The number of ether oxygens (including phenoxy) is 2. The molecule has 1 N–H and O–H groups in total. The lowest BCUT2D eigenvalue weighted by Gasteiger charge is -2.32. The van der Waals surface area contributed by atoms with E-state index in [1.54, 1.807) is 6.07 Å². The predicted molar refractivity (Wildman–Crippen MR) is 68.3 cm³/mol. The molecule has 1 saturated heterocycles. The summed E-state index contributed by atoms with van der Waals surface area (Å²) in [6.07, 6.45) is -0.174. The highest BCUT2D eigenvalue weighted by Gasteiger charge is 2.30. The summed E-state index contributed by atoms with van der Waals surface area (Å²) in [6, 6.07) is 4.52. The number of carboxylic acid groups (broad SMARTS) is 1. The molecule has 0 saturated carbocycles. The number of fused-ring (bicyclic) bond motifs is 1. The molecule has 2 heterocycles. The zero-order chi connectivity index (χ0) is 14.1. The van der Waals surface area contributed by atoms with E-state index in [0.717, 1.165) is 11.3 Å². The molecule has 6 heteroatoms. The average Bonchev–Trinajstić information content (AvgIpc) is 2.80. The molecule has 3 rings (SSSR count). The normalized spacial score (nSPS) is 26.1. The molecule has 0 spiro atoms. The van der Waals surface area contributed by atoms with Crippen LogP contribution in [0.3, 0.4) is 0 Å². The number of halogens is 1. The summed E-state index contributed by atoms with van der Waals surface area (Å²) in [5, 5.41) is 8.96. The smallest absolute Gasteiger partial charge is 0.334 e. The van der Waals surface area contributed by atoms with Crippen LogP contribution in [0.2, 0.25) is 0 Å². The third kappa shape index (κ3) is 2.76. The van der Waals surface area contributed by atoms with Crippen LogP contribution in [0.4, 0.5) is 4.39 Å². The minimum absolute atomic E-state index is 0.0562. The van der Waals surface area contributed by atoms with Crippen LogP contribution >= 0.6 is 0 Å². The average molecular weight is 281 g/mol. The highest BCUT2D eigenvalue weighted by atomic mass is 19.1. The van der Waals surface area contributed by atoms with Gasteiger partial charge in [-0.15, -0.1) is 0 Å². The summed E-state index contributed by atoms with van der Waals surface area (Å²) in [7, 11) is 0. The molecule has 108 valence electrons. The van der Waals surface area contributed by atoms with Crippen LogP contribution in [0.25, 0.3) is 0 Å². The van der Waals surface area contributed by atoms with Crippen molar-refractivity contribution in [2.75, 3.05) is 26.2 Å². The molecule has 0 radical (unpaired) electrons. The van der Waals surface area contributed by atoms with Gasteiger partial charge in [-0.25, -0.2) is 9.18 Å². The topological polar surface area (TPSA) is 59.0 Å². The Kier molecular flexibility index (Phi) is 3.58. The van der Waals surface area contributed by atoms with Crippen LogP contribution in [0, 0.1) is 5.82 Å². The number of aliphatic carboxylic acids is 1. The van der Waals surface area contributed by atoms with Crippen LogP contribution in [0.15, 0.2) is 18.2 Å². The fourth-order valence-electron chi connectivity index (χ4n) is 2.70. The van der Waals surface area contributed by atoms with Crippen molar-refractivity contribution in [3.8, 4) is 5.75 Å². The van der Waals surface area contributed by atoms with Gasteiger partial charge in [0.05, 0.1) is 6.61 Å². The molecule has 2 unspecified atom stereocenters. The van der Waals surface area contributed by atoms with E-state index in [1.807, 2.05) is 4.90 Å². The minimum atomic E-state index is -0.938. The highest BCUT2D eigenvalue weighted by molar-refractivity contribution is 5.72. The summed E-state index contributed by atoms with van der Waals surface area (Å²) < 4.78 is 24.1. The van der Waals surface area contributed by atoms with Crippen molar-refractivity contribution in [3.05, 3.63) is 29.6 Å². The zero-order valence-electron chi connectivity index (χ0n) is 10.9. The number of carbonyl (C=O) groups is 1. The van der Waals surface area contributed by atoms with E-state index in [-0.39, 0.29) is 11.9 Å². The summed E-state index contributed by atoms with van der Waals surface area (Å²) in [4.78, 5) is 13.0. The van der Waals surface area contributed by atoms with Crippen LogP contribution in [-0.2, 0) is 16.0 Å². The molecule has 2 aliphatic rings. The molecule has 0 aliphatic carbocycles. The SMILES string of the molecule is O=C(O)C1CN(CC2Cc3cc(F)ccc3O2)CCO1. The van der Waals surface area contributed by atoms with E-state index in [9.17, 15) is 9.18 Å². The Labute approximate surface area is 115 Å². The van der Waals surface area contributed by atoms with Gasteiger partial charge in [-0.1, -0.05) is 0 Å². The number of rotatable bonds is 3. The van der Waals surface area contributed by atoms with Gasteiger partial charge in [0, 0.05) is 31.6 Å². The lowest BCUT2D eigenvalue weighted by Crippen LogP contribution is -2.49. The second-order valence-corrected chi connectivity index (χ2v) is 5.15. The van der Waals surface area contributed by atoms with E-state index in [1.165, 1.54) is 12.1 Å². The zero-order valence-corrected chi connectivity index (χ0v) is 10.9. The fraction of sp³-hybridized carbons (Fsp3) is 0.500. The van der Waals surface area contributed by atoms with Gasteiger partial charge < -0.3 is 14.6 Å². The van der Waals surface area contributed by atoms with Crippen molar-refractivity contribution in [3.63, 3.8) is 0 Å². The molecule has 0 aromatic heterocycles.